The lowest BCUT2D eigenvalue weighted by molar-refractivity contribution is -0.347. The number of esters is 3. The van der Waals surface area contributed by atoms with Crippen molar-refractivity contribution in [3.05, 3.63) is 174 Å². The Kier molecular flexibility index (Phi) is 23.2. The van der Waals surface area contributed by atoms with Crippen LogP contribution >= 0.6 is 34.8 Å². The van der Waals surface area contributed by atoms with Gasteiger partial charge in [-0.15, -0.1) is 0 Å². The molecule has 1 amide bonds. The number of H-pyrrole nitrogens is 1. The van der Waals surface area contributed by atoms with Crippen LogP contribution in [0.1, 0.15) is 12.1 Å². The Morgan fingerprint density at radius 1 is 0.571 bits per heavy atom. The van der Waals surface area contributed by atoms with Crippen molar-refractivity contribution in [3.63, 3.8) is 0 Å². The molecule has 1 aromatic heterocycles. The van der Waals surface area contributed by atoms with Gasteiger partial charge in [-0.25, -0.2) is 36.9 Å². The quantitative estimate of drug-likeness (QED) is 0.0165. The second-order valence-corrected chi connectivity index (χ2v) is 17.7. The minimum atomic E-state index is -5.51. The Bertz CT molecular complexity index is 3610. The number of para-hydroxylation sites is 6. The molecular weight excluding hydrogens is 1200 g/mol. The molecule has 0 aliphatic heterocycles. The standard InChI is InChI=1S/C20H16ClFN2O6.C19H16ClF4NO7.C15H13ClFNO4/c1-11-7-18(25)24(20(27)23-11)14-9-17(12(21)8-13(14)22)30-16-6-4-3-5-15(16)29-10-19(26)28-2;1-30-17(27)9-31-13-4-2-3-5-14(13)32-15-7-12(11(21)6-10(15)20)25-16(26)8-18(28,29)19(22,23)24;1-20-15(19)8-21-12-4-2-3-5-13(12)22-14-7-11(18)10(17)6-9(14)16/h3-9H,10H2,1-2H3,(H,23,27);2-7,28-29H,8-9H2,1H3,(H,25,26);2-7H,8,18H2,1H3. The van der Waals surface area contributed by atoms with E-state index in [0.29, 0.717) is 21.8 Å². The van der Waals surface area contributed by atoms with Gasteiger partial charge in [0.05, 0.1) is 59.9 Å². The van der Waals surface area contributed by atoms with Crippen LogP contribution in [0.3, 0.4) is 0 Å². The van der Waals surface area contributed by atoms with E-state index in [9.17, 15) is 55.1 Å². The molecule has 0 aliphatic carbocycles. The number of carbonyl (C=O) groups excluding carboxylic acids is 4. The number of aromatic nitrogens is 2. The maximum absolute atomic E-state index is 14.5. The van der Waals surface area contributed by atoms with Gasteiger partial charge in [0.25, 0.3) is 11.3 Å². The molecule has 0 unspecified atom stereocenters. The van der Waals surface area contributed by atoms with Crippen LogP contribution in [0, 0.1) is 24.4 Å². The van der Waals surface area contributed by atoms with Crippen LogP contribution in [-0.2, 0) is 33.4 Å². The molecule has 0 spiro atoms. The second-order valence-electron chi connectivity index (χ2n) is 16.5. The summed E-state index contributed by atoms with van der Waals surface area (Å²) in [5.41, 5.74) is 3.23. The SMILES string of the molecule is COC(=O)COc1ccccc1Oc1cc(-n2c(=O)cc(C)[nH]c2=O)c(F)cc1Cl.COC(=O)COc1ccccc1Oc1cc(N)c(F)cc1Cl.COC(=O)COc1ccccc1Oc1cc(NC(=O)CC(O)(O)C(F)(F)F)c(F)cc1Cl. The van der Waals surface area contributed by atoms with E-state index in [1.54, 1.807) is 59.9 Å². The zero-order chi connectivity index (χ0) is 62.1. The first-order valence-electron chi connectivity index (χ1n) is 23.4. The monoisotopic (exact) mass is 1240 g/mol. The number of benzene rings is 6. The Balaban J connectivity index is 0.000000234. The highest BCUT2D eigenvalue weighted by atomic mass is 35.5. The Morgan fingerprint density at radius 2 is 0.952 bits per heavy atom. The lowest BCUT2D eigenvalue weighted by Crippen LogP contribution is -2.47. The number of hydrogen-bond donors (Lipinski definition) is 5. The lowest BCUT2D eigenvalue weighted by Gasteiger charge is -2.23. The normalized spacial score (nSPS) is 10.8. The van der Waals surface area contributed by atoms with E-state index in [1.807, 2.05) is 0 Å². The van der Waals surface area contributed by atoms with Crippen LogP contribution in [0.2, 0.25) is 15.1 Å². The average molecular weight is 1240 g/mol. The fourth-order valence-electron chi connectivity index (χ4n) is 6.35. The first-order chi connectivity index (χ1) is 39.6. The van der Waals surface area contributed by atoms with Crippen LogP contribution in [-0.4, -0.2) is 96.7 Å². The molecular formula is C54H45Cl3F6N4O17. The molecule has 0 saturated heterocycles. The van der Waals surface area contributed by atoms with E-state index in [4.69, 9.17) is 79.2 Å². The van der Waals surface area contributed by atoms with Crippen molar-refractivity contribution in [2.45, 2.75) is 25.3 Å². The summed E-state index contributed by atoms with van der Waals surface area (Å²) in [6, 6.07) is 26.1. The van der Waals surface area contributed by atoms with E-state index in [-0.39, 0.29) is 79.9 Å². The molecule has 7 aromatic rings. The summed E-state index contributed by atoms with van der Waals surface area (Å²) < 4.78 is 126. The third-order valence-corrected chi connectivity index (χ3v) is 11.3. The molecule has 0 radical (unpaired) electrons. The molecule has 446 valence electrons. The summed E-state index contributed by atoms with van der Waals surface area (Å²) in [7, 11) is 3.65. The van der Waals surface area contributed by atoms with Crippen molar-refractivity contribution in [1.82, 2.24) is 9.55 Å². The van der Waals surface area contributed by atoms with Gasteiger partial charge in [-0.2, -0.15) is 13.2 Å². The van der Waals surface area contributed by atoms with Crippen molar-refractivity contribution in [3.8, 4) is 57.4 Å². The number of nitrogens with two attached hydrogens (primary N) is 1. The van der Waals surface area contributed by atoms with Crippen LogP contribution in [0.25, 0.3) is 5.69 Å². The zero-order valence-corrected chi connectivity index (χ0v) is 46.0. The van der Waals surface area contributed by atoms with Gasteiger partial charge in [0.1, 0.15) is 34.7 Å². The Labute approximate surface area is 485 Å². The molecule has 6 N–H and O–H groups in total. The average Bonchev–Trinajstić information content (AvgIpc) is 3.15. The number of aryl methyl sites for hydroxylation is 1. The van der Waals surface area contributed by atoms with Crippen LogP contribution in [0.5, 0.6) is 51.7 Å². The third kappa shape index (κ3) is 18.4. The number of hydrogen-bond acceptors (Lipinski definition) is 18. The number of carbonyl (C=O) groups is 4. The number of halogens is 9. The van der Waals surface area contributed by atoms with E-state index < -0.39 is 83.2 Å². The maximum Gasteiger partial charge on any atom is 0.443 e. The first-order valence-corrected chi connectivity index (χ1v) is 24.5. The van der Waals surface area contributed by atoms with Gasteiger partial charge < -0.3 is 68.9 Å². The number of methoxy groups -OCH3 is 3. The Morgan fingerprint density at radius 3 is 1.36 bits per heavy atom. The van der Waals surface area contributed by atoms with Crippen molar-refractivity contribution in [2.24, 2.45) is 0 Å². The van der Waals surface area contributed by atoms with Gasteiger partial charge in [-0.05, 0) is 61.5 Å². The molecule has 30 heteroatoms. The number of aliphatic hydroxyl groups is 2. The fourth-order valence-corrected chi connectivity index (χ4v) is 6.92. The van der Waals surface area contributed by atoms with Gasteiger partial charge >= 0.3 is 29.8 Å². The topological polar surface area (TPSA) is 285 Å². The number of aromatic amines is 1. The summed E-state index contributed by atoms with van der Waals surface area (Å²) >= 11 is 17.9. The maximum atomic E-state index is 14.5. The number of nitrogens with zero attached hydrogens (tertiary/aromatic N) is 1. The van der Waals surface area contributed by atoms with Gasteiger partial charge in [0, 0.05) is 30.0 Å². The zero-order valence-electron chi connectivity index (χ0n) is 43.7. The molecule has 7 rings (SSSR count). The molecule has 6 aromatic carbocycles. The minimum Gasteiger partial charge on any atom is -0.478 e. The Hall–Kier alpha value is -9.15. The molecule has 0 aliphatic rings. The van der Waals surface area contributed by atoms with Crippen LogP contribution < -0.4 is 50.7 Å². The van der Waals surface area contributed by atoms with E-state index >= 15 is 0 Å². The molecule has 0 atom stereocenters. The summed E-state index contributed by atoms with van der Waals surface area (Å²) in [5.74, 6) is -9.27. The molecule has 0 fully saturated rings. The van der Waals surface area contributed by atoms with Gasteiger partial charge in [-0.1, -0.05) is 71.2 Å². The van der Waals surface area contributed by atoms with Gasteiger partial charge in [0.2, 0.25) is 5.91 Å². The molecule has 1 heterocycles. The van der Waals surface area contributed by atoms with E-state index in [2.05, 4.69) is 19.2 Å². The minimum absolute atomic E-state index is 0.0315. The summed E-state index contributed by atoms with van der Waals surface area (Å²) in [6.07, 6.45) is -7.32. The third-order valence-electron chi connectivity index (χ3n) is 10.4. The van der Waals surface area contributed by atoms with Crippen molar-refractivity contribution in [1.29, 1.82) is 0 Å². The largest absolute Gasteiger partial charge is 0.478 e. The lowest BCUT2D eigenvalue weighted by atomic mass is 10.1. The number of nitrogens with one attached hydrogen (secondary N) is 2. The first kappa shape index (κ1) is 65.7. The predicted octanol–water partition coefficient (Wildman–Crippen LogP) is 9.77. The highest BCUT2D eigenvalue weighted by Crippen LogP contribution is 2.41. The summed E-state index contributed by atoms with van der Waals surface area (Å²) in [4.78, 5) is 72.4. The van der Waals surface area contributed by atoms with Gasteiger partial charge in [0.15, 0.2) is 54.3 Å². The van der Waals surface area contributed by atoms with Crippen molar-refractivity contribution in [2.75, 3.05) is 52.2 Å². The van der Waals surface area contributed by atoms with Crippen LogP contribution in [0.15, 0.2) is 125 Å². The van der Waals surface area contributed by atoms with E-state index in [1.165, 1.54) is 45.4 Å². The number of anilines is 2. The number of nitrogen functional groups attached to an aromatic ring is 1. The predicted molar refractivity (Wildman–Crippen MR) is 288 cm³/mol. The number of ether oxygens (including phenoxy) is 9. The van der Waals surface area contributed by atoms with Crippen molar-refractivity contribution >= 4 is 70.0 Å². The molecule has 0 saturated carbocycles. The highest BCUT2D eigenvalue weighted by molar-refractivity contribution is 6.33. The van der Waals surface area contributed by atoms with E-state index in [0.717, 1.165) is 43.5 Å². The highest BCUT2D eigenvalue weighted by Gasteiger charge is 2.54. The number of rotatable bonds is 19. The van der Waals surface area contributed by atoms with Gasteiger partial charge in [-0.3, -0.25) is 9.59 Å². The number of alkyl halides is 3. The summed E-state index contributed by atoms with van der Waals surface area (Å²) in [5, 5.41) is 19.5. The molecule has 21 nitrogen and oxygen atoms in total. The fraction of sp³-hybridized carbons (Fsp3) is 0.185. The smallest absolute Gasteiger partial charge is 0.443 e. The van der Waals surface area contributed by atoms with Crippen molar-refractivity contribution < 1.29 is 98.4 Å². The summed E-state index contributed by atoms with van der Waals surface area (Å²) in [6.45, 7) is 0.466. The number of amides is 1. The molecule has 0 bridgehead atoms. The molecule has 84 heavy (non-hydrogen) atoms. The second kappa shape index (κ2) is 29.7. The van der Waals surface area contributed by atoms with Crippen LogP contribution in [0.4, 0.5) is 37.7 Å².